The van der Waals surface area contributed by atoms with E-state index < -0.39 is 25.5 Å². The maximum Gasteiger partial charge on any atom is 0.259 e. The zero-order valence-electron chi connectivity index (χ0n) is 26.8. The summed E-state index contributed by atoms with van der Waals surface area (Å²) >= 11 is 0. The predicted molar refractivity (Wildman–Crippen MR) is 157 cm³/mol. The van der Waals surface area contributed by atoms with Crippen molar-refractivity contribution in [1.29, 1.82) is 0 Å². The molecule has 3 atom stereocenters. The minimum atomic E-state index is -1.38. The molecule has 0 saturated carbocycles. The molecule has 0 rings (SSSR count). The smallest absolute Gasteiger partial charge is 0.259 e. The van der Waals surface area contributed by atoms with Crippen molar-refractivity contribution < 1.29 is 18.6 Å². The van der Waals surface area contributed by atoms with Crippen LogP contribution in [-0.2, 0) is 18.6 Å². The molecule has 7 nitrogen and oxygen atoms in total. The molecule has 0 heterocycles. The average Bonchev–Trinajstić information content (AvgIpc) is 2.70. The summed E-state index contributed by atoms with van der Waals surface area (Å²) in [5, 5.41) is 6.25. The number of carbonyl (C=O) groups is 2. The third-order valence-electron chi connectivity index (χ3n) is 6.46. The van der Waals surface area contributed by atoms with E-state index >= 15 is 0 Å². The summed E-state index contributed by atoms with van der Waals surface area (Å²) in [5.41, 5.74) is -0.937. The van der Waals surface area contributed by atoms with Gasteiger partial charge < -0.3 is 19.7 Å². The summed E-state index contributed by atoms with van der Waals surface area (Å²) < 4.78 is 14.5. The highest BCUT2D eigenvalue weighted by molar-refractivity contribution is 7.44. The number of carbonyl (C=O) groups excluding carboxylic acids is 2. The van der Waals surface area contributed by atoms with E-state index in [4.69, 9.17) is 9.05 Å². The van der Waals surface area contributed by atoms with Gasteiger partial charge in [-0.15, -0.1) is 0 Å². The Kier molecular flexibility index (Phi) is 14.3. The largest absolute Gasteiger partial charge is 0.353 e. The van der Waals surface area contributed by atoms with Crippen molar-refractivity contribution in [2.75, 3.05) is 20.2 Å². The third-order valence-corrected chi connectivity index (χ3v) is 8.55. The quantitative estimate of drug-likeness (QED) is 0.219. The zero-order chi connectivity index (χ0) is 29.4. The van der Waals surface area contributed by atoms with Gasteiger partial charge in [-0.2, -0.15) is 0 Å². The van der Waals surface area contributed by atoms with Crippen LogP contribution in [0.4, 0.5) is 0 Å². The maximum atomic E-state index is 13.3. The Labute approximate surface area is 230 Å². The Hall–Kier alpha value is -0.750. The molecule has 2 N–H and O–H groups in total. The van der Waals surface area contributed by atoms with Gasteiger partial charge in [0.15, 0.2) is 0 Å². The van der Waals surface area contributed by atoms with Crippen LogP contribution in [-0.4, -0.2) is 54.9 Å². The minimum Gasteiger partial charge on any atom is -0.353 e. The van der Waals surface area contributed by atoms with Crippen LogP contribution < -0.4 is 10.6 Å². The molecule has 2 amide bonds. The second kappa shape index (κ2) is 14.6. The van der Waals surface area contributed by atoms with Crippen LogP contribution in [0.3, 0.4) is 0 Å². The summed E-state index contributed by atoms with van der Waals surface area (Å²) in [5.74, 6) is 0.00374. The van der Waals surface area contributed by atoms with Crippen molar-refractivity contribution in [3.05, 3.63) is 0 Å². The summed E-state index contributed by atoms with van der Waals surface area (Å²) in [6, 6.07) is 0.438. The van der Waals surface area contributed by atoms with Gasteiger partial charge in [-0.1, -0.05) is 69.2 Å². The number of rotatable bonds is 15. The Morgan fingerprint density at radius 3 is 1.57 bits per heavy atom. The van der Waals surface area contributed by atoms with Crippen molar-refractivity contribution in [1.82, 2.24) is 15.3 Å². The summed E-state index contributed by atoms with van der Waals surface area (Å²) in [6.07, 6.45) is 1.86. The number of amides is 2. The van der Waals surface area contributed by atoms with Gasteiger partial charge in [-0.25, -0.2) is 4.67 Å². The highest BCUT2D eigenvalue weighted by atomic mass is 31.2. The molecule has 3 unspecified atom stereocenters. The summed E-state index contributed by atoms with van der Waals surface area (Å²) in [6.45, 7) is 30.0. The lowest BCUT2D eigenvalue weighted by Crippen LogP contribution is -2.48. The third kappa shape index (κ3) is 13.2. The highest BCUT2D eigenvalue weighted by Gasteiger charge is 2.37. The lowest BCUT2D eigenvalue weighted by molar-refractivity contribution is -0.132. The van der Waals surface area contributed by atoms with Gasteiger partial charge in [0.25, 0.3) is 8.53 Å². The van der Waals surface area contributed by atoms with Gasteiger partial charge in [0.2, 0.25) is 11.8 Å². The lowest BCUT2D eigenvalue weighted by atomic mass is 9.73. The van der Waals surface area contributed by atoms with Crippen LogP contribution in [0.5, 0.6) is 0 Å². The normalized spacial score (nSPS) is 16.6. The molecule has 0 saturated heterocycles. The van der Waals surface area contributed by atoms with Crippen molar-refractivity contribution in [3.63, 3.8) is 0 Å². The second-order valence-electron chi connectivity index (χ2n) is 14.4. The van der Waals surface area contributed by atoms with Crippen LogP contribution in [0.2, 0.25) is 0 Å². The Morgan fingerprint density at radius 1 is 0.784 bits per heavy atom. The van der Waals surface area contributed by atoms with E-state index in [-0.39, 0.29) is 34.7 Å². The fraction of sp³-hybridized carbons (Fsp3) is 0.931. The monoisotopic (exact) mass is 545 g/mol. The van der Waals surface area contributed by atoms with Crippen LogP contribution in [0.15, 0.2) is 0 Å². The van der Waals surface area contributed by atoms with Crippen LogP contribution >= 0.6 is 8.53 Å². The molecule has 8 heteroatoms. The number of hydrogen-bond donors (Lipinski definition) is 2. The molecule has 0 aliphatic rings. The molecule has 0 fully saturated rings. The molecule has 0 aliphatic carbocycles. The first kappa shape index (κ1) is 36.2. The first-order valence-electron chi connectivity index (χ1n) is 13.9. The second-order valence-corrected chi connectivity index (χ2v) is 15.9. The standard InChI is InChI=1S/C29H60N3O4P/c1-16-29(14,20-27(9,10)11)25(34)31-18-23(36-37(35-15)32(21(2)3)22(4)5)17-30-24(33)28(12,13)19-26(6,7)8/h21-23H,16-20H2,1-15H3,(H,30,33)(H,31,34). The fourth-order valence-electron chi connectivity index (χ4n) is 5.25. The number of hydrogen-bond acceptors (Lipinski definition) is 5. The predicted octanol–water partition coefficient (Wildman–Crippen LogP) is 6.91. The lowest BCUT2D eigenvalue weighted by Gasteiger charge is -2.38. The average molecular weight is 546 g/mol. The van der Waals surface area contributed by atoms with E-state index in [1.165, 1.54) is 0 Å². The SMILES string of the molecule is CCC(C)(CC(C)(C)C)C(=O)NCC(CNC(=O)C(C)(C)CC(C)(C)C)OP(OC)N(C(C)C)C(C)C. The van der Waals surface area contributed by atoms with Crippen LogP contribution in [0.25, 0.3) is 0 Å². The van der Waals surface area contributed by atoms with Crippen LogP contribution in [0, 0.1) is 21.7 Å². The van der Waals surface area contributed by atoms with E-state index in [2.05, 4.69) is 91.5 Å². The van der Waals surface area contributed by atoms with E-state index in [1.807, 2.05) is 20.8 Å². The van der Waals surface area contributed by atoms with E-state index in [1.54, 1.807) is 7.11 Å². The van der Waals surface area contributed by atoms with E-state index in [9.17, 15) is 9.59 Å². The highest BCUT2D eigenvalue weighted by Crippen LogP contribution is 2.46. The number of nitrogens with zero attached hydrogens (tertiary/aromatic N) is 1. The van der Waals surface area contributed by atoms with Gasteiger partial charge in [0.05, 0.1) is 0 Å². The first-order valence-corrected chi connectivity index (χ1v) is 15.1. The Balaban J connectivity index is 5.76. The van der Waals surface area contributed by atoms with Crippen molar-refractivity contribution in [2.24, 2.45) is 21.7 Å². The van der Waals surface area contributed by atoms with Crippen molar-refractivity contribution in [3.8, 4) is 0 Å². The van der Waals surface area contributed by atoms with Gasteiger partial charge in [0.1, 0.15) is 6.10 Å². The summed E-state index contributed by atoms with van der Waals surface area (Å²) in [7, 11) is 0.279. The van der Waals surface area contributed by atoms with E-state index in [0.717, 1.165) is 19.3 Å². The van der Waals surface area contributed by atoms with Gasteiger partial charge >= 0.3 is 0 Å². The fourth-order valence-corrected chi connectivity index (χ4v) is 6.79. The van der Waals surface area contributed by atoms with Crippen LogP contribution in [0.1, 0.15) is 116 Å². The van der Waals surface area contributed by atoms with Crippen molar-refractivity contribution >= 4 is 20.3 Å². The van der Waals surface area contributed by atoms with Gasteiger partial charge in [-0.3, -0.25) is 9.59 Å². The summed E-state index contributed by atoms with van der Waals surface area (Å²) in [4.78, 5) is 26.5. The number of nitrogens with one attached hydrogen (secondary N) is 2. The van der Waals surface area contributed by atoms with E-state index in [0.29, 0.717) is 13.1 Å². The Bertz CT molecular complexity index is 705. The molecule has 0 bridgehead atoms. The molecule has 0 aliphatic heterocycles. The topological polar surface area (TPSA) is 79.9 Å². The molecular weight excluding hydrogens is 485 g/mol. The molecule has 37 heavy (non-hydrogen) atoms. The molecule has 220 valence electrons. The van der Waals surface area contributed by atoms with Crippen molar-refractivity contribution in [2.45, 2.75) is 134 Å². The molecule has 0 aromatic rings. The Morgan fingerprint density at radius 2 is 1.22 bits per heavy atom. The maximum absolute atomic E-state index is 13.3. The minimum absolute atomic E-state index is 0.0141. The molecule has 0 spiro atoms. The molecular formula is C29H60N3O4P. The zero-order valence-corrected chi connectivity index (χ0v) is 27.7. The molecule has 0 radical (unpaired) electrons. The molecule has 0 aromatic carbocycles. The van der Waals surface area contributed by atoms with Gasteiger partial charge in [0, 0.05) is 43.1 Å². The first-order chi connectivity index (χ1) is 16.6. The molecule has 0 aromatic heterocycles. The van der Waals surface area contributed by atoms with Gasteiger partial charge in [-0.05, 0) is 57.8 Å².